The molecule has 1 aliphatic heterocycles. The lowest BCUT2D eigenvalue weighted by molar-refractivity contribution is 0.0240. The number of nitrogens with zero attached hydrogens (tertiary/aromatic N) is 4. The largest absolute Gasteiger partial charge is 0.463 e. The van der Waals surface area contributed by atoms with Crippen molar-refractivity contribution in [1.29, 1.82) is 0 Å². The number of anilines is 1. The molecule has 142 valence electrons. The lowest BCUT2D eigenvalue weighted by Crippen LogP contribution is -2.50. The molecule has 8 heteroatoms. The summed E-state index contributed by atoms with van der Waals surface area (Å²) in [6.07, 6.45) is 2.97. The summed E-state index contributed by atoms with van der Waals surface area (Å²) in [6.45, 7) is 8.13. The maximum absolute atomic E-state index is 12.3. The molecule has 0 saturated carbocycles. The van der Waals surface area contributed by atoms with Crippen LogP contribution in [0.1, 0.15) is 20.8 Å². The van der Waals surface area contributed by atoms with Crippen molar-refractivity contribution < 1.29 is 13.9 Å². The van der Waals surface area contributed by atoms with E-state index < -0.39 is 5.60 Å². The number of piperazine rings is 1. The summed E-state index contributed by atoms with van der Waals surface area (Å²) in [7, 11) is 0. The van der Waals surface area contributed by atoms with Gasteiger partial charge in [0.05, 0.1) is 17.2 Å². The van der Waals surface area contributed by atoms with Crippen molar-refractivity contribution in [2.24, 2.45) is 0 Å². The number of ether oxygens (including phenoxy) is 1. The fourth-order valence-corrected chi connectivity index (χ4v) is 3.80. The van der Waals surface area contributed by atoms with Crippen LogP contribution < -0.4 is 4.90 Å². The van der Waals surface area contributed by atoms with Gasteiger partial charge in [-0.2, -0.15) is 0 Å². The molecule has 3 heterocycles. The van der Waals surface area contributed by atoms with Gasteiger partial charge in [0.1, 0.15) is 23.3 Å². The minimum atomic E-state index is -0.491. The molecular formula is C19H21BrN4O3. The quantitative estimate of drug-likeness (QED) is 0.573. The topological polar surface area (TPSA) is 71.7 Å². The number of benzene rings is 1. The second-order valence-electron chi connectivity index (χ2n) is 7.57. The molecule has 1 amide bonds. The highest BCUT2D eigenvalue weighted by atomic mass is 79.9. The Bertz CT molecular complexity index is 1000. The first-order chi connectivity index (χ1) is 12.8. The number of fused-ring (bicyclic) bond motifs is 3. The number of halogens is 1. The van der Waals surface area contributed by atoms with Gasteiger partial charge in [-0.05, 0) is 48.8 Å². The molecule has 0 N–H and O–H groups in total. The van der Waals surface area contributed by atoms with Gasteiger partial charge < -0.3 is 19.0 Å². The average molecular weight is 433 g/mol. The van der Waals surface area contributed by atoms with E-state index in [-0.39, 0.29) is 6.09 Å². The van der Waals surface area contributed by atoms with Gasteiger partial charge in [-0.25, -0.2) is 14.8 Å². The predicted molar refractivity (Wildman–Crippen MR) is 107 cm³/mol. The van der Waals surface area contributed by atoms with Gasteiger partial charge in [-0.15, -0.1) is 0 Å². The van der Waals surface area contributed by atoms with E-state index in [1.807, 2.05) is 32.9 Å². The smallest absolute Gasteiger partial charge is 0.410 e. The second kappa shape index (κ2) is 6.67. The SMILES string of the molecule is CC(C)(C)OC(=O)N1CCN(c2ncnc3cc(Br)c4ccoc4c23)CC1. The summed E-state index contributed by atoms with van der Waals surface area (Å²) in [5.74, 6) is 0.830. The molecule has 4 rings (SSSR count). The van der Waals surface area contributed by atoms with Gasteiger partial charge in [0.2, 0.25) is 0 Å². The summed E-state index contributed by atoms with van der Waals surface area (Å²) < 4.78 is 12.2. The fraction of sp³-hybridized carbons (Fsp3) is 0.421. The number of amides is 1. The van der Waals surface area contributed by atoms with Crippen molar-refractivity contribution in [2.75, 3.05) is 31.1 Å². The zero-order valence-corrected chi connectivity index (χ0v) is 17.1. The van der Waals surface area contributed by atoms with Crippen LogP contribution in [0.2, 0.25) is 0 Å². The summed E-state index contributed by atoms with van der Waals surface area (Å²) in [5, 5.41) is 1.89. The van der Waals surface area contributed by atoms with Crippen molar-refractivity contribution in [2.45, 2.75) is 26.4 Å². The van der Waals surface area contributed by atoms with E-state index >= 15 is 0 Å². The van der Waals surface area contributed by atoms with Crippen molar-refractivity contribution in [3.8, 4) is 0 Å². The Balaban J connectivity index is 1.61. The molecular weight excluding hydrogens is 412 g/mol. The highest BCUT2D eigenvalue weighted by Gasteiger charge is 2.27. The van der Waals surface area contributed by atoms with E-state index in [0.717, 1.165) is 32.2 Å². The molecule has 7 nitrogen and oxygen atoms in total. The number of carbonyl (C=O) groups is 1. The number of hydrogen-bond acceptors (Lipinski definition) is 6. The first-order valence-electron chi connectivity index (χ1n) is 8.87. The van der Waals surface area contributed by atoms with Crippen molar-refractivity contribution >= 4 is 49.7 Å². The zero-order chi connectivity index (χ0) is 19.2. The Morgan fingerprint density at radius 2 is 1.96 bits per heavy atom. The molecule has 3 aromatic rings. The van der Waals surface area contributed by atoms with E-state index in [1.54, 1.807) is 17.5 Å². The Hall–Kier alpha value is -2.35. The van der Waals surface area contributed by atoms with Crippen molar-refractivity contribution in [3.05, 3.63) is 29.2 Å². The lowest BCUT2D eigenvalue weighted by Gasteiger charge is -2.36. The van der Waals surface area contributed by atoms with Gasteiger partial charge in [0, 0.05) is 36.0 Å². The fourth-order valence-electron chi connectivity index (χ4n) is 3.27. The molecule has 1 saturated heterocycles. The normalized spacial score (nSPS) is 15.6. The van der Waals surface area contributed by atoms with Crippen LogP contribution in [0.15, 0.2) is 33.6 Å². The first kappa shape index (κ1) is 18.0. The zero-order valence-electron chi connectivity index (χ0n) is 15.5. The van der Waals surface area contributed by atoms with Crippen LogP contribution in [-0.4, -0.2) is 52.7 Å². The molecule has 0 unspecified atom stereocenters. The molecule has 0 bridgehead atoms. The number of furan rings is 1. The monoisotopic (exact) mass is 432 g/mol. The van der Waals surface area contributed by atoms with Crippen LogP contribution in [-0.2, 0) is 4.74 Å². The standard InChI is InChI=1S/C19H21BrN4O3/c1-19(2,3)27-18(25)24-7-5-23(6-8-24)17-15-14(21-11-22-17)10-13(20)12-4-9-26-16(12)15/h4,9-11H,5-8H2,1-3H3. The summed E-state index contributed by atoms with van der Waals surface area (Å²) in [6, 6.07) is 3.91. The average Bonchev–Trinajstić information content (AvgIpc) is 3.10. The molecule has 1 aliphatic rings. The van der Waals surface area contributed by atoms with Gasteiger partial charge >= 0.3 is 6.09 Å². The summed E-state index contributed by atoms with van der Waals surface area (Å²) in [5.41, 5.74) is 1.10. The summed E-state index contributed by atoms with van der Waals surface area (Å²) in [4.78, 5) is 25.1. The van der Waals surface area contributed by atoms with E-state index in [0.29, 0.717) is 26.2 Å². The number of rotatable bonds is 1. The Labute approximate surface area is 165 Å². The van der Waals surface area contributed by atoms with Crippen molar-refractivity contribution in [3.63, 3.8) is 0 Å². The van der Waals surface area contributed by atoms with Crippen LogP contribution in [0.3, 0.4) is 0 Å². The van der Waals surface area contributed by atoms with E-state index in [9.17, 15) is 4.79 Å². The Kier molecular flexibility index (Phi) is 4.46. The third-order valence-corrected chi connectivity index (χ3v) is 5.16. The molecule has 27 heavy (non-hydrogen) atoms. The van der Waals surface area contributed by atoms with Gasteiger partial charge in [0.15, 0.2) is 0 Å². The maximum Gasteiger partial charge on any atom is 0.410 e. The predicted octanol–water partition coefficient (Wildman–Crippen LogP) is 4.20. The molecule has 1 fully saturated rings. The van der Waals surface area contributed by atoms with Gasteiger partial charge in [-0.1, -0.05) is 0 Å². The van der Waals surface area contributed by atoms with Gasteiger partial charge in [-0.3, -0.25) is 0 Å². The lowest BCUT2D eigenvalue weighted by atomic mass is 10.1. The van der Waals surface area contributed by atoms with E-state index in [1.165, 1.54) is 0 Å². The van der Waals surface area contributed by atoms with E-state index in [4.69, 9.17) is 9.15 Å². The molecule has 2 aromatic heterocycles. The van der Waals surface area contributed by atoms with Crippen molar-refractivity contribution in [1.82, 2.24) is 14.9 Å². The van der Waals surface area contributed by atoms with Gasteiger partial charge in [0.25, 0.3) is 0 Å². The third-order valence-electron chi connectivity index (χ3n) is 4.50. The second-order valence-corrected chi connectivity index (χ2v) is 8.42. The maximum atomic E-state index is 12.3. The molecule has 0 spiro atoms. The minimum absolute atomic E-state index is 0.271. The highest BCUT2D eigenvalue weighted by molar-refractivity contribution is 9.10. The van der Waals surface area contributed by atoms with Crippen LogP contribution in [0.25, 0.3) is 21.9 Å². The minimum Gasteiger partial charge on any atom is -0.463 e. The highest BCUT2D eigenvalue weighted by Crippen LogP contribution is 2.36. The van der Waals surface area contributed by atoms with E-state index in [2.05, 4.69) is 30.8 Å². The van der Waals surface area contributed by atoms with Crippen LogP contribution in [0.4, 0.5) is 10.6 Å². The molecule has 0 aliphatic carbocycles. The first-order valence-corrected chi connectivity index (χ1v) is 9.66. The van der Waals surface area contributed by atoms with Crippen LogP contribution in [0.5, 0.6) is 0 Å². The molecule has 0 atom stereocenters. The molecule has 1 aromatic carbocycles. The number of hydrogen-bond donors (Lipinski definition) is 0. The molecule has 0 radical (unpaired) electrons. The number of aromatic nitrogens is 2. The third kappa shape index (κ3) is 3.45. The Morgan fingerprint density at radius 1 is 1.22 bits per heavy atom. The Morgan fingerprint density at radius 3 is 2.67 bits per heavy atom. The van der Waals surface area contributed by atoms with Crippen LogP contribution in [0, 0.1) is 0 Å². The van der Waals surface area contributed by atoms with Crippen LogP contribution >= 0.6 is 15.9 Å². The number of carbonyl (C=O) groups excluding carboxylic acids is 1. The summed E-state index contributed by atoms with van der Waals surface area (Å²) >= 11 is 3.57.